The quantitative estimate of drug-likeness (QED) is 0.190. The maximum absolute atomic E-state index is 14.1. The lowest BCUT2D eigenvalue weighted by atomic mass is 10.0. The average molecular weight is 569 g/mol. The highest BCUT2D eigenvalue weighted by Crippen LogP contribution is 2.34. The summed E-state index contributed by atoms with van der Waals surface area (Å²) in [5.74, 6) is 0.137. The number of aromatic nitrogens is 2. The van der Waals surface area contributed by atoms with Crippen LogP contribution in [-0.4, -0.2) is 68.8 Å². The molecule has 3 amide bonds. The number of urea groups is 1. The van der Waals surface area contributed by atoms with Crippen molar-refractivity contribution in [3.63, 3.8) is 0 Å². The number of rotatable bonds is 8. The standard InChI is InChI=1S/C33H37N5O2S/c1-25-12-11-23-38(25,33(40)35-28-16-6-5-15-27(28)26-13-3-2-4-14-26)31(39)24-41-32-34-29-17-7-8-18-30(29)37(32)22-21-36-19-9-10-20-36/h2-8,13-18,25H,9-12,19-24H2,1H3/p+1/t25-,38?/m1/s1. The second-order valence-electron chi connectivity index (χ2n) is 11.2. The smallest absolute Gasteiger partial charge is 0.318 e. The van der Waals surface area contributed by atoms with Crippen LogP contribution in [0.1, 0.15) is 32.6 Å². The largest absolute Gasteiger partial charge is 0.428 e. The fourth-order valence-corrected chi connectivity index (χ4v) is 7.40. The van der Waals surface area contributed by atoms with Gasteiger partial charge in [-0.3, -0.25) is 5.32 Å². The van der Waals surface area contributed by atoms with Crippen LogP contribution >= 0.6 is 11.8 Å². The van der Waals surface area contributed by atoms with Crippen LogP contribution in [0, 0.1) is 0 Å². The third-order valence-corrected chi connectivity index (χ3v) is 9.69. The Labute approximate surface area is 246 Å². The minimum Gasteiger partial charge on any atom is -0.318 e. The molecule has 0 bridgehead atoms. The van der Waals surface area contributed by atoms with E-state index in [0.717, 1.165) is 72.0 Å². The fourth-order valence-electron chi connectivity index (χ4n) is 6.41. The number of para-hydroxylation sites is 3. The molecule has 1 N–H and O–H groups in total. The Kier molecular flexibility index (Phi) is 8.23. The number of imidazole rings is 1. The molecule has 8 heteroatoms. The first-order chi connectivity index (χ1) is 20.1. The molecule has 0 spiro atoms. The molecule has 6 rings (SSSR count). The van der Waals surface area contributed by atoms with Crippen molar-refractivity contribution in [1.82, 2.24) is 14.5 Å². The molecule has 1 unspecified atom stereocenters. The van der Waals surface area contributed by atoms with Gasteiger partial charge in [0.05, 0.1) is 23.3 Å². The van der Waals surface area contributed by atoms with Crippen molar-refractivity contribution in [2.24, 2.45) is 0 Å². The summed E-state index contributed by atoms with van der Waals surface area (Å²) in [5.41, 5.74) is 4.73. The Morgan fingerprint density at radius 2 is 1.66 bits per heavy atom. The Hall–Kier alpha value is -3.46. The number of amides is 3. The molecular weight excluding hydrogens is 530 g/mol. The number of carbonyl (C=O) groups is 2. The molecule has 2 fully saturated rings. The van der Waals surface area contributed by atoms with Crippen molar-refractivity contribution < 1.29 is 14.1 Å². The Morgan fingerprint density at radius 3 is 2.44 bits per heavy atom. The van der Waals surface area contributed by atoms with Crippen molar-refractivity contribution in [1.29, 1.82) is 0 Å². The number of benzene rings is 3. The summed E-state index contributed by atoms with van der Waals surface area (Å²) in [7, 11) is 0. The molecule has 0 radical (unpaired) electrons. The van der Waals surface area contributed by atoms with Gasteiger partial charge in [-0.25, -0.2) is 14.6 Å². The van der Waals surface area contributed by atoms with Crippen LogP contribution in [0.3, 0.4) is 0 Å². The van der Waals surface area contributed by atoms with Gasteiger partial charge >= 0.3 is 11.9 Å². The molecule has 7 nitrogen and oxygen atoms in total. The van der Waals surface area contributed by atoms with Crippen molar-refractivity contribution >= 4 is 40.4 Å². The van der Waals surface area contributed by atoms with Gasteiger partial charge < -0.3 is 9.47 Å². The molecule has 41 heavy (non-hydrogen) atoms. The first kappa shape index (κ1) is 27.7. The van der Waals surface area contributed by atoms with E-state index in [0.29, 0.717) is 6.54 Å². The number of hydrogen-bond donors (Lipinski definition) is 1. The van der Waals surface area contributed by atoms with Gasteiger partial charge in [0, 0.05) is 31.5 Å². The molecule has 212 valence electrons. The molecule has 0 saturated carbocycles. The maximum Gasteiger partial charge on any atom is 0.428 e. The minimum absolute atomic E-state index is 0.0622. The van der Waals surface area contributed by atoms with Crippen molar-refractivity contribution in [2.75, 3.05) is 37.2 Å². The third-order valence-electron chi connectivity index (χ3n) is 8.73. The lowest BCUT2D eigenvalue weighted by Crippen LogP contribution is -2.61. The SMILES string of the molecule is C[C@@H]1CCC[N+]1(C(=O)CSc1nc2ccccc2n1CCN1CCCC1)C(=O)Nc1ccccc1-c1ccccc1. The first-order valence-electron chi connectivity index (χ1n) is 14.7. The molecular formula is C33H38N5O2S+. The van der Waals surface area contributed by atoms with Crippen LogP contribution in [0.5, 0.6) is 0 Å². The van der Waals surface area contributed by atoms with Crippen LogP contribution in [0.25, 0.3) is 22.2 Å². The highest BCUT2D eigenvalue weighted by Gasteiger charge is 2.52. The van der Waals surface area contributed by atoms with Gasteiger partial charge in [0.1, 0.15) is 11.8 Å². The second kappa shape index (κ2) is 12.2. The molecule has 2 aliphatic rings. The Morgan fingerprint density at radius 1 is 0.927 bits per heavy atom. The zero-order valence-corrected chi connectivity index (χ0v) is 24.5. The van der Waals surface area contributed by atoms with Crippen molar-refractivity contribution in [2.45, 2.75) is 50.4 Å². The van der Waals surface area contributed by atoms with Gasteiger partial charge in [-0.05, 0) is 56.6 Å². The van der Waals surface area contributed by atoms with E-state index in [2.05, 4.69) is 20.9 Å². The highest BCUT2D eigenvalue weighted by atomic mass is 32.2. The van der Waals surface area contributed by atoms with Gasteiger partial charge in [0.2, 0.25) is 0 Å². The van der Waals surface area contributed by atoms with Gasteiger partial charge in [0.25, 0.3) is 0 Å². The van der Waals surface area contributed by atoms with Gasteiger partial charge in [-0.15, -0.1) is 0 Å². The number of anilines is 1. The van der Waals surface area contributed by atoms with Crippen LogP contribution in [0.2, 0.25) is 0 Å². The van der Waals surface area contributed by atoms with Crippen LogP contribution in [0.15, 0.2) is 84.0 Å². The molecule has 3 aromatic carbocycles. The first-order valence-corrected chi connectivity index (χ1v) is 15.7. The maximum atomic E-state index is 14.1. The summed E-state index contributed by atoms with van der Waals surface area (Å²) in [6, 6.07) is 25.7. The summed E-state index contributed by atoms with van der Waals surface area (Å²) >= 11 is 1.46. The summed E-state index contributed by atoms with van der Waals surface area (Å²) in [6.07, 6.45) is 4.21. The number of carbonyl (C=O) groups excluding carboxylic acids is 2. The lowest BCUT2D eigenvalue weighted by molar-refractivity contribution is -0.781. The number of hydrogen-bond acceptors (Lipinski definition) is 5. The number of quaternary nitrogens is 1. The van der Waals surface area contributed by atoms with E-state index in [9.17, 15) is 9.59 Å². The molecule has 4 aromatic rings. The fraction of sp³-hybridized carbons (Fsp3) is 0.364. The van der Waals surface area contributed by atoms with Gasteiger partial charge in [-0.1, -0.05) is 72.4 Å². The number of thioether (sulfide) groups is 1. The summed E-state index contributed by atoms with van der Waals surface area (Å²) in [5, 5.41) is 4.01. The predicted molar refractivity (Wildman–Crippen MR) is 166 cm³/mol. The second-order valence-corrected chi connectivity index (χ2v) is 12.1. The predicted octanol–water partition coefficient (Wildman–Crippen LogP) is 6.65. The number of nitrogens with one attached hydrogen (secondary N) is 1. The van der Waals surface area contributed by atoms with E-state index in [1.54, 1.807) is 0 Å². The van der Waals surface area contributed by atoms with Crippen LogP contribution in [0.4, 0.5) is 10.5 Å². The van der Waals surface area contributed by atoms with Crippen LogP contribution in [-0.2, 0) is 11.3 Å². The number of fused-ring (bicyclic) bond motifs is 1. The summed E-state index contributed by atoms with van der Waals surface area (Å²) < 4.78 is 2.07. The number of imide groups is 1. The molecule has 2 saturated heterocycles. The Balaban J connectivity index is 1.23. The number of likely N-dealkylation sites (tertiary alicyclic amines) is 2. The molecule has 0 aliphatic carbocycles. The highest BCUT2D eigenvalue weighted by molar-refractivity contribution is 7.99. The van der Waals surface area contributed by atoms with Crippen LogP contribution < -0.4 is 5.32 Å². The molecule has 2 atom stereocenters. The lowest BCUT2D eigenvalue weighted by Gasteiger charge is -2.33. The molecule has 3 heterocycles. The number of nitrogens with zero attached hydrogens (tertiary/aromatic N) is 4. The molecule has 2 aliphatic heterocycles. The normalized spacial score (nSPS) is 21.0. The zero-order valence-electron chi connectivity index (χ0n) is 23.7. The average Bonchev–Trinajstić information content (AvgIpc) is 3.75. The Bertz CT molecular complexity index is 1530. The monoisotopic (exact) mass is 568 g/mol. The van der Waals surface area contributed by atoms with Gasteiger partial charge in [0.15, 0.2) is 5.16 Å². The van der Waals surface area contributed by atoms with E-state index in [-0.39, 0.29) is 28.2 Å². The van der Waals surface area contributed by atoms with Crippen molar-refractivity contribution in [3.8, 4) is 11.1 Å². The topological polar surface area (TPSA) is 67.2 Å². The summed E-state index contributed by atoms with van der Waals surface area (Å²) in [4.78, 5) is 35.5. The minimum atomic E-state index is -0.244. The van der Waals surface area contributed by atoms with E-state index in [1.807, 2.05) is 79.7 Å². The van der Waals surface area contributed by atoms with Gasteiger partial charge in [-0.2, -0.15) is 4.48 Å². The zero-order chi connectivity index (χ0) is 28.2. The summed E-state index contributed by atoms with van der Waals surface area (Å²) in [6.45, 7) is 6.66. The van der Waals surface area contributed by atoms with E-state index in [1.165, 1.54) is 24.6 Å². The third kappa shape index (κ3) is 5.56. The van der Waals surface area contributed by atoms with E-state index in [4.69, 9.17) is 4.98 Å². The van der Waals surface area contributed by atoms with Crippen molar-refractivity contribution in [3.05, 3.63) is 78.9 Å². The molecule has 1 aromatic heterocycles. The van der Waals surface area contributed by atoms with E-state index >= 15 is 0 Å². The van der Waals surface area contributed by atoms with E-state index < -0.39 is 0 Å².